The second-order valence-electron chi connectivity index (χ2n) is 2.59. The van der Waals surface area contributed by atoms with E-state index in [1.54, 1.807) is 6.20 Å². The lowest BCUT2D eigenvalue weighted by atomic mass is 10.1. The van der Waals surface area contributed by atoms with Gasteiger partial charge in [-0.2, -0.15) is 0 Å². The minimum Gasteiger partial charge on any atom is -0.391 e. The van der Waals surface area contributed by atoms with Gasteiger partial charge in [0.2, 0.25) is 0 Å². The molecule has 0 atom stereocenters. The lowest BCUT2D eigenvalue weighted by Gasteiger charge is -2.01. The van der Waals surface area contributed by atoms with Crippen molar-refractivity contribution in [2.24, 2.45) is 0 Å². The Balaban J connectivity index is 2.33. The third-order valence-electron chi connectivity index (χ3n) is 1.66. The van der Waals surface area contributed by atoms with Crippen molar-refractivity contribution < 1.29 is 0 Å². The lowest BCUT2D eigenvalue weighted by molar-refractivity contribution is 0.816. The van der Waals surface area contributed by atoms with Crippen molar-refractivity contribution in [3.63, 3.8) is 0 Å². The molecule has 1 nitrogen and oxygen atoms in total. The average Bonchev–Trinajstić information content (AvgIpc) is 2.33. The molecule has 1 N–H and O–H groups in total. The van der Waals surface area contributed by atoms with Crippen molar-refractivity contribution >= 4 is 0 Å². The van der Waals surface area contributed by atoms with Crippen LogP contribution >= 0.6 is 0 Å². The monoisotopic (exact) mass is 159 g/mol. The van der Waals surface area contributed by atoms with Gasteiger partial charge in [0.25, 0.3) is 0 Å². The van der Waals surface area contributed by atoms with Gasteiger partial charge in [-0.1, -0.05) is 36.1 Å². The van der Waals surface area contributed by atoms with Gasteiger partial charge in [-0.25, -0.2) is 0 Å². The van der Waals surface area contributed by atoms with Gasteiger partial charge in [-0.3, -0.25) is 0 Å². The molecule has 0 amide bonds. The summed E-state index contributed by atoms with van der Waals surface area (Å²) in [6.07, 6.45) is 9.67. The van der Waals surface area contributed by atoms with Gasteiger partial charge in [0.05, 0.1) is 0 Å². The number of nitrogens with one attached hydrogen (secondary N) is 1. The van der Waals surface area contributed by atoms with Gasteiger partial charge < -0.3 is 5.32 Å². The highest BCUT2D eigenvalue weighted by molar-refractivity contribution is 5.29. The van der Waals surface area contributed by atoms with Crippen LogP contribution in [0.2, 0.25) is 0 Å². The zero-order valence-electron chi connectivity index (χ0n) is 7.14. The number of hydrogen-bond donors (Lipinski definition) is 1. The molecule has 0 aromatic heterocycles. The van der Waals surface area contributed by atoms with Crippen LogP contribution in [0.25, 0.3) is 0 Å². The molecular formula is C11H13N. The van der Waals surface area contributed by atoms with E-state index in [9.17, 15) is 0 Å². The fourth-order valence-electron chi connectivity index (χ4n) is 1.02. The summed E-state index contributed by atoms with van der Waals surface area (Å²) >= 11 is 0. The van der Waals surface area contributed by atoms with Gasteiger partial charge >= 0.3 is 0 Å². The molecule has 0 aliphatic heterocycles. The summed E-state index contributed by atoms with van der Waals surface area (Å²) < 4.78 is 0. The van der Waals surface area contributed by atoms with E-state index >= 15 is 0 Å². The summed E-state index contributed by atoms with van der Waals surface area (Å²) in [6.45, 7) is 4.54. The molecule has 0 aromatic rings. The van der Waals surface area contributed by atoms with E-state index in [-0.39, 0.29) is 0 Å². The van der Waals surface area contributed by atoms with Crippen molar-refractivity contribution in [1.29, 1.82) is 0 Å². The quantitative estimate of drug-likeness (QED) is 0.488. The highest BCUT2D eigenvalue weighted by Gasteiger charge is 1.94. The molecule has 1 aliphatic rings. The van der Waals surface area contributed by atoms with Gasteiger partial charge in [0.15, 0.2) is 0 Å². The zero-order valence-corrected chi connectivity index (χ0v) is 7.14. The zero-order chi connectivity index (χ0) is 8.65. The third kappa shape index (κ3) is 3.12. The second-order valence-corrected chi connectivity index (χ2v) is 2.59. The molecule has 0 heterocycles. The smallest absolute Gasteiger partial charge is 0.0306 e. The average molecular weight is 159 g/mol. The second kappa shape index (κ2) is 5.26. The van der Waals surface area contributed by atoms with E-state index in [0.717, 1.165) is 19.4 Å². The first kappa shape index (κ1) is 8.67. The van der Waals surface area contributed by atoms with Crippen LogP contribution in [0.4, 0.5) is 0 Å². The molecule has 0 radical (unpaired) electrons. The maximum atomic E-state index is 3.59. The van der Waals surface area contributed by atoms with Gasteiger partial charge in [0.1, 0.15) is 0 Å². The summed E-state index contributed by atoms with van der Waals surface area (Å²) in [5.74, 6) is 6.01. The summed E-state index contributed by atoms with van der Waals surface area (Å²) in [5, 5.41) is 3.07. The molecule has 1 aliphatic carbocycles. The maximum absolute atomic E-state index is 3.59. The molecule has 62 valence electrons. The fraction of sp³-hybridized carbons (Fsp3) is 0.273. The lowest BCUT2D eigenvalue weighted by Crippen LogP contribution is -2.06. The Morgan fingerprint density at radius 2 is 2.58 bits per heavy atom. The predicted octanol–water partition coefficient (Wildman–Crippen LogP) is 2.00. The van der Waals surface area contributed by atoms with Crippen LogP contribution in [-0.4, -0.2) is 6.54 Å². The Hall–Kier alpha value is -1.42. The number of hydrogen-bond acceptors (Lipinski definition) is 1. The van der Waals surface area contributed by atoms with Crippen molar-refractivity contribution in [2.45, 2.75) is 12.8 Å². The van der Waals surface area contributed by atoms with Gasteiger partial charge in [-0.05, 0) is 18.7 Å². The molecule has 0 fully saturated rings. The van der Waals surface area contributed by atoms with Crippen molar-refractivity contribution in [2.75, 3.05) is 6.54 Å². The SMILES string of the molecule is C=CNCCC1=CC=CC#CC1. The Labute approximate surface area is 73.9 Å². The normalized spacial score (nSPS) is 13.8. The highest BCUT2D eigenvalue weighted by Crippen LogP contribution is 2.07. The highest BCUT2D eigenvalue weighted by atomic mass is 14.8. The molecule has 0 spiro atoms. The van der Waals surface area contributed by atoms with Crippen LogP contribution in [0.15, 0.2) is 36.6 Å². The molecule has 0 bridgehead atoms. The van der Waals surface area contributed by atoms with Crippen LogP contribution in [0, 0.1) is 11.8 Å². The Morgan fingerprint density at radius 3 is 3.42 bits per heavy atom. The van der Waals surface area contributed by atoms with Crippen LogP contribution < -0.4 is 5.32 Å². The molecule has 1 heteroatoms. The van der Waals surface area contributed by atoms with Crippen LogP contribution in [0.1, 0.15) is 12.8 Å². The molecule has 0 aromatic carbocycles. The first-order valence-corrected chi connectivity index (χ1v) is 4.11. The number of allylic oxidation sites excluding steroid dienone is 3. The van der Waals surface area contributed by atoms with E-state index in [1.807, 2.05) is 12.2 Å². The van der Waals surface area contributed by atoms with E-state index in [2.05, 4.69) is 29.8 Å². The fourth-order valence-corrected chi connectivity index (χ4v) is 1.02. The largest absolute Gasteiger partial charge is 0.391 e. The van der Waals surface area contributed by atoms with E-state index in [4.69, 9.17) is 0 Å². The molecule has 0 saturated heterocycles. The van der Waals surface area contributed by atoms with Gasteiger partial charge in [-0.15, -0.1) is 0 Å². The summed E-state index contributed by atoms with van der Waals surface area (Å²) in [6, 6.07) is 0. The van der Waals surface area contributed by atoms with Crippen LogP contribution in [-0.2, 0) is 0 Å². The van der Waals surface area contributed by atoms with Crippen molar-refractivity contribution in [3.8, 4) is 11.8 Å². The first-order chi connectivity index (χ1) is 5.93. The molecular weight excluding hydrogens is 146 g/mol. The standard InChI is InChI=1S/C11H13N/c1-2-12-10-9-11-7-5-3-4-6-8-11/h2-3,5,7,12H,1,8-10H2. The Kier molecular flexibility index (Phi) is 3.80. The minimum atomic E-state index is 0.895. The molecule has 0 saturated carbocycles. The molecule has 1 rings (SSSR count). The summed E-state index contributed by atoms with van der Waals surface area (Å²) in [5.41, 5.74) is 1.38. The first-order valence-electron chi connectivity index (χ1n) is 4.11. The summed E-state index contributed by atoms with van der Waals surface area (Å²) in [7, 11) is 0. The van der Waals surface area contributed by atoms with Crippen LogP contribution in [0.5, 0.6) is 0 Å². The summed E-state index contributed by atoms with van der Waals surface area (Å²) in [4.78, 5) is 0. The molecule has 0 unspecified atom stereocenters. The van der Waals surface area contributed by atoms with E-state index in [1.165, 1.54) is 5.57 Å². The van der Waals surface area contributed by atoms with E-state index < -0.39 is 0 Å². The van der Waals surface area contributed by atoms with Crippen LogP contribution in [0.3, 0.4) is 0 Å². The van der Waals surface area contributed by atoms with Gasteiger partial charge in [0, 0.05) is 13.0 Å². The maximum Gasteiger partial charge on any atom is 0.0306 e. The van der Waals surface area contributed by atoms with Crippen molar-refractivity contribution in [1.82, 2.24) is 5.32 Å². The number of rotatable bonds is 4. The molecule has 12 heavy (non-hydrogen) atoms. The van der Waals surface area contributed by atoms with Crippen molar-refractivity contribution in [3.05, 3.63) is 36.6 Å². The third-order valence-corrected chi connectivity index (χ3v) is 1.66. The predicted molar refractivity (Wildman–Crippen MR) is 52.4 cm³/mol. The topological polar surface area (TPSA) is 12.0 Å². The minimum absolute atomic E-state index is 0.895. The van der Waals surface area contributed by atoms with E-state index in [0.29, 0.717) is 0 Å². The Morgan fingerprint density at radius 1 is 1.67 bits per heavy atom. The Bertz CT molecular complexity index is 260.